The molecule has 0 bridgehead atoms. The van der Waals surface area contributed by atoms with E-state index in [0.29, 0.717) is 16.9 Å². The Balaban J connectivity index is 1.84. The second kappa shape index (κ2) is 9.36. The van der Waals surface area contributed by atoms with Gasteiger partial charge in [0.05, 0.1) is 0 Å². The van der Waals surface area contributed by atoms with Crippen molar-refractivity contribution in [3.63, 3.8) is 0 Å². The van der Waals surface area contributed by atoms with Crippen LogP contribution in [0.2, 0.25) is 0 Å². The smallest absolute Gasteiger partial charge is 0.276 e. The topological polar surface area (TPSA) is 82.6 Å². The van der Waals surface area contributed by atoms with E-state index in [1.165, 1.54) is 0 Å². The van der Waals surface area contributed by atoms with Gasteiger partial charge in [-0.25, -0.2) is 4.98 Å². The minimum Gasteiger partial charge on any atom is -0.467 e. The molecule has 1 aromatic rings. The zero-order valence-electron chi connectivity index (χ0n) is 15.0. The van der Waals surface area contributed by atoms with Crippen LogP contribution in [-0.2, 0) is 4.79 Å². The van der Waals surface area contributed by atoms with Crippen molar-refractivity contribution in [1.29, 1.82) is 0 Å². The van der Waals surface area contributed by atoms with Crippen LogP contribution in [0.4, 0.5) is 5.95 Å². The highest BCUT2D eigenvalue weighted by molar-refractivity contribution is 7.80. The molecule has 2 rings (SSSR count). The summed E-state index contributed by atoms with van der Waals surface area (Å²) >= 11 is 5.20. The van der Waals surface area contributed by atoms with Crippen molar-refractivity contribution in [2.24, 2.45) is 0 Å². The standard InChI is InChI=1S/C16H26N6O2S/c1-4-21(5-2)16(25)20-19-13(23)11-24-14-10-12(3)17-15(18-14)22-8-6-7-9-22/h10H,4-9,11H2,1-3H3,(H,19,23)(H,20,25). The van der Waals surface area contributed by atoms with Crippen LogP contribution in [-0.4, -0.2) is 58.7 Å². The second-order valence-corrected chi connectivity index (χ2v) is 6.17. The fourth-order valence-corrected chi connectivity index (χ4v) is 2.85. The number of hydrogen-bond donors (Lipinski definition) is 2. The van der Waals surface area contributed by atoms with Gasteiger partial charge in [-0.1, -0.05) is 0 Å². The minimum atomic E-state index is -0.325. The fraction of sp³-hybridized carbons (Fsp3) is 0.625. The molecule has 2 N–H and O–H groups in total. The van der Waals surface area contributed by atoms with Gasteiger partial charge in [0, 0.05) is 37.9 Å². The van der Waals surface area contributed by atoms with Gasteiger partial charge in [0.25, 0.3) is 5.91 Å². The number of carbonyl (C=O) groups is 1. The van der Waals surface area contributed by atoms with Crippen LogP contribution in [0.1, 0.15) is 32.4 Å². The van der Waals surface area contributed by atoms with E-state index >= 15 is 0 Å². The Bertz CT molecular complexity index is 602. The molecule has 1 aliphatic rings. The molecule has 9 heteroatoms. The highest BCUT2D eigenvalue weighted by Crippen LogP contribution is 2.19. The first-order valence-electron chi connectivity index (χ1n) is 8.60. The molecule has 138 valence electrons. The lowest BCUT2D eigenvalue weighted by Crippen LogP contribution is -2.49. The summed E-state index contributed by atoms with van der Waals surface area (Å²) in [5, 5.41) is 0.479. The van der Waals surface area contributed by atoms with Gasteiger partial charge in [-0.15, -0.1) is 0 Å². The maximum absolute atomic E-state index is 11.9. The van der Waals surface area contributed by atoms with Crippen LogP contribution >= 0.6 is 12.2 Å². The summed E-state index contributed by atoms with van der Waals surface area (Å²) < 4.78 is 5.51. The number of thiocarbonyl (C=S) groups is 1. The molecule has 1 amide bonds. The molecule has 1 aliphatic heterocycles. The van der Waals surface area contributed by atoms with Crippen LogP contribution < -0.4 is 20.5 Å². The quantitative estimate of drug-likeness (QED) is 0.570. The largest absolute Gasteiger partial charge is 0.467 e. The number of ether oxygens (including phenoxy) is 1. The van der Waals surface area contributed by atoms with Gasteiger partial charge in [0.15, 0.2) is 11.7 Å². The van der Waals surface area contributed by atoms with Crippen molar-refractivity contribution >= 4 is 29.2 Å². The van der Waals surface area contributed by atoms with E-state index < -0.39 is 0 Å². The maximum Gasteiger partial charge on any atom is 0.276 e. The molecule has 0 aromatic carbocycles. The van der Waals surface area contributed by atoms with Crippen molar-refractivity contribution in [2.75, 3.05) is 37.7 Å². The van der Waals surface area contributed by atoms with Crippen molar-refractivity contribution in [3.05, 3.63) is 11.8 Å². The summed E-state index contributed by atoms with van der Waals surface area (Å²) in [4.78, 5) is 24.8. The van der Waals surface area contributed by atoms with Crippen molar-refractivity contribution in [2.45, 2.75) is 33.6 Å². The van der Waals surface area contributed by atoms with E-state index in [2.05, 4.69) is 25.7 Å². The Kier molecular flexibility index (Phi) is 7.17. The van der Waals surface area contributed by atoms with Gasteiger partial charge >= 0.3 is 0 Å². The van der Waals surface area contributed by atoms with Crippen LogP contribution in [0.5, 0.6) is 5.88 Å². The summed E-state index contributed by atoms with van der Waals surface area (Å²) in [5.74, 6) is 0.734. The SMILES string of the molecule is CCN(CC)C(=S)NNC(=O)COc1cc(C)nc(N2CCCC2)n1. The first-order chi connectivity index (χ1) is 12.0. The van der Waals surface area contributed by atoms with E-state index in [-0.39, 0.29) is 12.5 Å². The third kappa shape index (κ3) is 5.70. The summed E-state index contributed by atoms with van der Waals surface area (Å²) in [7, 11) is 0. The monoisotopic (exact) mass is 366 g/mol. The lowest BCUT2D eigenvalue weighted by Gasteiger charge is -2.22. The van der Waals surface area contributed by atoms with Crippen molar-refractivity contribution in [1.82, 2.24) is 25.7 Å². The number of aryl methyl sites for hydroxylation is 1. The predicted molar refractivity (Wildman–Crippen MR) is 101 cm³/mol. The van der Waals surface area contributed by atoms with E-state index in [4.69, 9.17) is 17.0 Å². The molecular weight excluding hydrogens is 340 g/mol. The summed E-state index contributed by atoms with van der Waals surface area (Å²) in [6.45, 7) is 9.19. The van der Waals surface area contributed by atoms with Crippen LogP contribution in [0.15, 0.2) is 6.07 Å². The van der Waals surface area contributed by atoms with Crippen LogP contribution in [0.25, 0.3) is 0 Å². The van der Waals surface area contributed by atoms with Gasteiger partial charge in [-0.2, -0.15) is 4.98 Å². The third-order valence-corrected chi connectivity index (χ3v) is 4.28. The van der Waals surface area contributed by atoms with Gasteiger partial charge in [0.2, 0.25) is 11.8 Å². The maximum atomic E-state index is 11.9. The molecule has 2 heterocycles. The molecule has 1 aromatic heterocycles. The average Bonchev–Trinajstić information content (AvgIpc) is 3.13. The first kappa shape index (κ1) is 19.2. The highest BCUT2D eigenvalue weighted by Gasteiger charge is 2.16. The molecule has 1 saturated heterocycles. The fourth-order valence-electron chi connectivity index (χ4n) is 2.55. The molecule has 25 heavy (non-hydrogen) atoms. The molecule has 1 fully saturated rings. The number of carbonyl (C=O) groups excluding carboxylic acids is 1. The third-order valence-electron chi connectivity index (χ3n) is 3.92. The van der Waals surface area contributed by atoms with E-state index in [9.17, 15) is 4.79 Å². The zero-order chi connectivity index (χ0) is 18.2. The van der Waals surface area contributed by atoms with E-state index in [0.717, 1.165) is 44.7 Å². The lowest BCUT2D eigenvalue weighted by molar-refractivity contribution is -0.123. The molecule has 0 saturated carbocycles. The number of rotatable bonds is 6. The number of aromatic nitrogens is 2. The first-order valence-corrected chi connectivity index (χ1v) is 9.01. The summed E-state index contributed by atoms with van der Waals surface area (Å²) in [6, 6.07) is 1.72. The van der Waals surface area contributed by atoms with Crippen molar-refractivity contribution < 1.29 is 9.53 Å². The number of hydrazine groups is 1. The second-order valence-electron chi connectivity index (χ2n) is 5.78. The molecular formula is C16H26N6O2S. The molecule has 0 spiro atoms. The number of nitrogens with one attached hydrogen (secondary N) is 2. The average molecular weight is 366 g/mol. The van der Waals surface area contributed by atoms with Crippen LogP contribution in [0.3, 0.4) is 0 Å². The normalized spacial score (nSPS) is 13.5. The Hall–Kier alpha value is -2.16. The number of nitrogens with zero attached hydrogens (tertiary/aromatic N) is 4. The minimum absolute atomic E-state index is 0.149. The number of amides is 1. The molecule has 0 aliphatic carbocycles. The molecule has 0 radical (unpaired) electrons. The number of hydrogen-bond acceptors (Lipinski definition) is 6. The van der Waals surface area contributed by atoms with Gasteiger partial charge in [0.1, 0.15) is 0 Å². The van der Waals surface area contributed by atoms with Gasteiger partial charge in [-0.05, 0) is 45.8 Å². The zero-order valence-corrected chi connectivity index (χ0v) is 15.9. The van der Waals surface area contributed by atoms with Gasteiger partial charge < -0.3 is 14.5 Å². The van der Waals surface area contributed by atoms with E-state index in [1.807, 2.05) is 25.7 Å². The summed E-state index contributed by atoms with van der Waals surface area (Å²) in [6.07, 6.45) is 2.29. The predicted octanol–water partition coefficient (Wildman–Crippen LogP) is 1.01. The Morgan fingerprint density at radius 1 is 1.28 bits per heavy atom. The molecule has 8 nitrogen and oxygen atoms in total. The van der Waals surface area contributed by atoms with Gasteiger partial charge in [-0.3, -0.25) is 15.6 Å². The van der Waals surface area contributed by atoms with Crippen molar-refractivity contribution in [3.8, 4) is 5.88 Å². The summed E-state index contributed by atoms with van der Waals surface area (Å²) in [5.41, 5.74) is 6.07. The van der Waals surface area contributed by atoms with E-state index in [1.54, 1.807) is 6.07 Å². The lowest BCUT2D eigenvalue weighted by atomic mass is 10.4. The molecule has 0 atom stereocenters. The molecule has 0 unspecified atom stereocenters. The Morgan fingerprint density at radius 2 is 1.96 bits per heavy atom. The highest BCUT2D eigenvalue weighted by atomic mass is 32.1. The number of anilines is 1. The Morgan fingerprint density at radius 3 is 2.60 bits per heavy atom. The van der Waals surface area contributed by atoms with Crippen LogP contribution in [0, 0.1) is 6.92 Å². The Labute approximate surface area is 153 Å².